The molecule has 1 amide bonds. The van der Waals surface area contributed by atoms with Crippen LogP contribution < -0.4 is 4.90 Å². The van der Waals surface area contributed by atoms with E-state index in [1.54, 1.807) is 4.90 Å². The summed E-state index contributed by atoms with van der Waals surface area (Å²) in [4.78, 5) is 21.0. The van der Waals surface area contributed by atoms with Crippen LogP contribution in [-0.4, -0.2) is 47.8 Å². The maximum absolute atomic E-state index is 12.1. The molecule has 0 spiro atoms. The highest BCUT2D eigenvalue weighted by Crippen LogP contribution is 2.32. The monoisotopic (exact) mass is 317 g/mol. The molecule has 1 aliphatic heterocycles. The normalized spacial score (nSPS) is 21.3. The second-order valence-electron chi connectivity index (χ2n) is 7.60. The number of pyridine rings is 1. The van der Waals surface area contributed by atoms with E-state index < -0.39 is 5.60 Å². The molecule has 1 unspecified atom stereocenters. The van der Waals surface area contributed by atoms with Crippen LogP contribution in [0.15, 0.2) is 12.1 Å². The summed E-state index contributed by atoms with van der Waals surface area (Å²) in [5.41, 5.74) is 2.22. The number of rotatable bonds is 1. The summed E-state index contributed by atoms with van der Waals surface area (Å²) >= 11 is 0. The Labute approximate surface area is 138 Å². The van der Waals surface area contributed by atoms with Crippen LogP contribution in [0, 0.1) is 0 Å². The number of fused-ring (bicyclic) bond motifs is 1. The van der Waals surface area contributed by atoms with E-state index in [-0.39, 0.29) is 6.09 Å². The fourth-order valence-electron chi connectivity index (χ4n) is 3.28. The van der Waals surface area contributed by atoms with Crippen molar-refractivity contribution in [3.8, 4) is 0 Å². The average Bonchev–Trinajstić information content (AvgIpc) is 2.87. The predicted molar refractivity (Wildman–Crippen MR) is 91.0 cm³/mol. The van der Waals surface area contributed by atoms with E-state index in [1.165, 1.54) is 17.7 Å². The van der Waals surface area contributed by atoms with Gasteiger partial charge in [-0.05, 0) is 51.2 Å². The average molecular weight is 317 g/mol. The standard InChI is InChI=1S/C18H27N3O2/c1-13-5-7-15-14(13)6-8-16(19-15)20-9-11-21(12-10-20)17(22)23-18(2,3)4/h6,8,13H,5,7,9-12H2,1-4H3. The van der Waals surface area contributed by atoms with E-state index in [0.29, 0.717) is 19.0 Å². The minimum atomic E-state index is -0.438. The molecule has 2 aliphatic rings. The van der Waals surface area contributed by atoms with Gasteiger partial charge in [-0.1, -0.05) is 13.0 Å². The summed E-state index contributed by atoms with van der Waals surface area (Å²) in [6, 6.07) is 4.36. The van der Waals surface area contributed by atoms with Crippen molar-refractivity contribution < 1.29 is 9.53 Å². The number of carbonyl (C=O) groups is 1. The van der Waals surface area contributed by atoms with Gasteiger partial charge in [0.25, 0.3) is 0 Å². The number of amides is 1. The number of piperazine rings is 1. The summed E-state index contributed by atoms with van der Waals surface area (Å²) in [5.74, 6) is 1.68. The van der Waals surface area contributed by atoms with Crippen molar-refractivity contribution in [2.45, 2.75) is 52.1 Å². The molecule has 1 aliphatic carbocycles. The van der Waals surface area contributed by atoms with Crippen molar-refractivity contribution in [3.63, 3.8) is 0 Å². The highest BCUT2D eigenvalue weighted by atomic mass is 16.6. The lowest BCUT2D eigenvalue weighted by molar-refractivity contribution is 0.0240. The highest BCUT2D eigenvalue weighted by molar-refractivity contribution is 5.68. The number of anilines is 1. The maximum Gasteiger partial charge on any atom is 0.410 e. The quantitative estimate of drug-likeness (QED) is 0.798. The van der Waals surface area contributed by atoms with Crippen molar-refractivity contribution in [2.24, 2.45) is 0 Å². The van der Waals surface area contributed by atoms with Crippen LogP contribution in [0.25, 0.3) is 0 Å². The van der Waals surface area contributed by atoms with Crippen molar-refractivity contribution in [1.29, 1.82) is 0 Å². The van der Waals surface area contributed by atoms with E-state index in [4.69, 9.17) is 9.72 Å². The first kappa shape index (κ1) is 16.1. The maximum atomic E-state index is 12.1. The molecule has 0 saturated carbocycles. The molecule has 0 radical (unpaired) electrons. The first-order valence-electron chi connectivity index (χ1n) is 8.56. The molecule has 3 rings (SSSR count). The summed E-state index contributed by atoms with van der Waals surface area (Å²) in [7, 11) is 0. The lowest BCUT2D eigenvalue weighted by atomic mass is 10.1. The van der Waals surface area contributed by atoms with Gasteiger partial charge in [-0.25, -0.2) is 9.78 Å². The van der Waals surface area contributed by atoms with Crippen molar-refractivity contribution in [2.75, 3.05) is 31.1 Å². The Balaban J connectivity index is 1.60. The topological polar surface area (TPSA) is 45.7 Å². The highest BCUT2D eigenvalue weighted by Gasteiger charge is 2.27. The Morgan fingerprint density at radius 1 is 1.22 bits per heavy atom. The number of nitrogens with zero attached hydrogens (tertiary/aromatic N) is 3. The lowest BCUT2D eigenvalue weighted by Crippen LogP contribution is -2.50. The molecule has 1 atom stereocenters. The Bertz CT molecular complexity index is 586. The van der Waals surface area contributed by atoms with Crippen LogP contribution in [0.1, 0.15) is 51.3 Å². The van der Waals surface area contributed by atoms with E-state index in [0.717, 1.165) is 25.3 Å². The van der Waals surface area contributed by atoms with Crippen molar-refractivity contribution >= 4 is 11.9 Å². The van der Waals surface area contributed by atoms with Crippen LogP contribution >= 0.6 is 0 Å². The molecule has 5 nitrogen and oxygen atoms in total. The van der Waals surface area contributed by atoms with Crippen LogP contribution in [-0.2, 0) is 11.2 Å². The molecule has 2 heterocycles. The zero-order valence-corrected chi connectivity index (χ0v) is 14.6. The third-order valence-electron chi connectivity index (χ3n) is 4.60. The third kappa shape index (κ3) is 3.59. The summed E-state index contributed by atoms with van der Waals surface area (Å²) in [5, 5.41) is 0. The number of aromatic nitrogens is 1. The number of hydrogen-bond donors (Lipinski definition) is 0. The van der Waals surface area contributed by atoms with Gasteiger partial charge in [0.1, 0.15) is 11.4 Å². The fraction of sp³-hybridized carbons (Fsp3) is 0.667. The number of hydrogen-bond acceptors (Lipinski definition) is 4. The summed E-state index contributed by atoms with van der Waals surface area (Å²) < 4.78 is 5.44. The molecule has 1 aromatic heterocycles. The van der Waals surface area contributed by atoms with E-state index in [2.05, 4.69) is 24.0 Å². The molecular formula is C18H27N3O2. The van der Waals surface area contributed by atoms with Gasteiger partial charge in [-0.2, -0.15) is 0 Å². The lowest BCUT2D eigenvalue weighted by Gasteiger charge is -2.36. The Hall–Kier alpha value is -1.78. The van der Waals surface area contributed by atoms with Gasteiger partial charge in [0, 0.05) is 31.9 Å². The van der Waals surface area contributed by atoms with Crippen molar-refractivity contribution in [1.82, 2.24) is 9.88 Å². The molecular weight excluding hydrogens is 290 g/mol. The largest absolute Gasteiger partial charge is 0.444 e. The van der Waals surface area contributed by atoms with Crippen LogP contribution in [0.4, 0.5) is 10.6 Å². The van der Waals surface area contributed by atoms with Crippen molar-refractivity contribution in [3.05, 3.63) is 23.4 Å². The first-order valence-corrected chi connectivity index (χ1v) is 8.56. The second-order valence-corrected chi connectivity index (χ2v) is 7.60. The van der Waals surface area contributed by atoms with Gasteiger partial charge in [-0.3, -0.25) is 0 Å². The van der Waals surface area contributed by atoms with E-state index >= 15 is 0 Å². The van der Waals surface area contributed by atoms with Gasteiger partial charge in [0.15, 0.2) is 0 Å². The van der Waals surface area contributed by atoms with Gasteiger partial charge in [0.2, 0.25) is 0 Å². The molecule has 1 fully saturated rings. The predicted octanol–water partition coefficient (Wildman–Crippen LogP) is 3.19. The van der Waals surface area contributed by atoms with Crippen LogP contribution in [0.5, 0.6) is 0 Å². The molecule has 23 heavy (non-hydrogen) atoms. The molecule has 5 heteroatoms. The SMILES string of the molecule is CC1CCc2nc(N3CCN(C(=O)OC(C)(C)C)CC3)ccc21. The number of ether oxygens (including phenoxy) is 1. The molecule has 0 aromatic carbocycles. The van der Waals surface area contributed by atoms with Gasteiger partial charge in [0.05, 0.1) is 0 Å². The Morgan fingerprint density at radius 3 is 2.57 bits per heavy atom. The van der Waals surface area contributed by atoms with Gasteiger partial charge >= 0.3 is 6.09 Å². The Morgan fingerprint density at radius 2 is 1.91 bits per heavy atom. The van der Waals surface area contributed by atoms with Crippen LogP contribution in [0.3, 0.4) is 0 Å². The van der Waals surface area contributed by atoms with Crippen LogP contribution in [0.2, 0.25) is 0 Å². The third-order valence-corrected chi connectivity index (χ3v) is 4.60. The number of aryl methyl sites for hydroxylation is 1. The minimum absolute atomic E-state index is 0.215. The van der Waals surface area contributed by atoms with Gasteiger partial charge < -0.3 is 14.5 Å². The zero-order valence-electron chi connectivity index (χ0n) is 14.6. The molecule has 1 saturated heterocycles. The Kier molecular flexibility index (Phi) is 4.21. The second kappa shape index (κ2) is 6.02. The molecule has 0 N–H and O–H groups in total. The van der Waals surface area contributed by atoms with E-state index in [1.807, 2.05) is 20.8 Å². The summed E-state index contributed by atoms with van der Waals surface area (Å²) in [6.07, 6.45) is 2.08. The number of carbonyl (C=O) groups excluding carboxylic acids is 1. The fourth-order valence-corrected chi connectivity index (χ4v) is 3.28. The zero-order chi connectivity index (χ0) is 16.6. The first-order chi connectivity index (χ1) is 10.8. The van der Waals surface area contributed by atoms with E-state index in [9.17, 15) is 4.79 Å². The molecule has 1 aromatic rings. The summed E-state index contributed by atoms with van der Waals surface area (Å²) in [6.45, 7) is 11.0. The van der Waals surface area contributed by atoms with Gasteiger partial charge in [-0.15, -0.1) is 0 Å². The smallest absolute Gasteiger partial charge is 0.410 e. The minimum Gasteiger partial charge on any atom is -0.444 e. The molecule has 126 valence electrons. The molecule has 0 bridgehead atoms.